The fourth-order valence-electron chi connectivity index (χ4n) is 3.11. The summed E-state index contributed by atoms with van der Waals surface area (Å²) in [5.41, 5.74) is 2.88. The molecule has 0 radical (unpaired) electrons. The van der Waals surface area contributed by atoms with E-state index >= 15 is 0 Å². The fraction of sp³-hybridized carbons (Fsp3) is 0.348. The SMILES string of the molecule is CCCCc1ccccc1NCc1ccc(C(=O)Nc2nc(COC)c(C(=O)OC)s2)s1. The lowest BCUT2D eigenvalue weighted by atomic mass is 10.1. The van der Waals surface area contributed by atoms with Crippen molar-refractivity contribution in [3.63, 3.8) is 0 Å². The maximum atomic E-state index is 12.7. The molecular formula is C23H27N3O4S2. The van der Waals surface area contributed by atoms with Gasteiger partial charge < -0.3 is 14.8 Å². The third-order valence-electron chi connectivity index (χ3n) is 4.73. The molecule has 1 amide bonds. The van der Waals surface area contributed by atoms with E-state index < -0.39 is 5.97 Å². The number of thiazole rings is 1. The zero-order valence-electron chi connectivity index (χ0n) is 18.4. The summed E-state index contributed by atoms with van der Waals surface area (Å²) in [5, 5.41) is 6.59. The molecule has 0 spiro atoms. The normalized spacial score (nSPS) is 10.7. The number of esters is 1. The van der Waals surface area contributed by atoms with Gasteiger partial charge in [0.2, 0.25) is 0 Å². The van der Waals surface area contributed by atoms with Gasteiger partial charge in [-0.05, 0) is 36.6 Å². The van der Waals surface area contributed by atoms with Gasteiger partial charge >= 0.3 is 5.97 Å². The molecule has 3 rings (SSSR count). The van der Waals surface area contributed by atoms with Crippen LogP contribution in [0.15, 0.2) is 36.4 Å². The Hall–Kier alpha value is -2.75. The van der Waals surface area contributed by atoms with E-state index in [4.69, 9.17) is 9.47 Å². The van der Waals surface area contributed by atoms with E-state index in [9.17, 15) is 9.59 Å². The van der Waals surface area contributed by atoms with E-state index in [1.54, 1.807) is 6.07 Å². The van der Waals surface area contributed by atoms with Crippen molar-refractivity contribution >= 4 is 45.4 Å². The molecule has 3 aromatic rings. The Balaban J connectivity index is 1.64. The van der Waals surface area contributed by atoms with Crippen LogP contribution in [0, 0.1) is 0 Å². The van der Waals surface area contributed by atoms with Gasteiger partial charge in [0, 0.05) is 24.2 Å². The van der Waals surface area contributed by atoms with Gasteiger partial charge in [-0.15, -0.1) is 11.3 Å². The van der Waals surface area contributed by atoms with Crippen LogP contribution in [0.5, 0.6) is 0 Å². The number of benzene rings is 1. The van der Waals surface area contributed by atoms with Gasteiger partial charge in [0.25, 0.3) is 5.91 Å². The van der Waals surface area contributed by atoms with Crippen molar-refractivity contribution in [3.8, 4) is 0 Å². The van der Waals surface area contributed by atoms with E-state index in [2.05, 4.69) is 40.7 Å². The number of ether oxygens (including phenoxy) is 2. The largest absolute Gasteiger partial charge is 0.465 e. The highest BCUT2D eigenvalue weighted by Crippen LogP contribution is 2.26. The molecule has 32 heavy (non-hydrogen) atoms. The number of thiophene rings is 1. The lowest BCUT2D eigenvalue weighted by Gasteiger charge is -2.11. The second kappa shape index (κ2) is 11.8. The molecule has 2 N–H and O–H groups in total. The number of nitrogens with zero attached hydrogens (tertiary/aromatic N) is 1. The quantitative estimate of drug-likeness (QED) is 0.365. The molecule has 7 nitrogen and oxygen atoms in total. The summed E-state index contributed by atoms with van der Waals surface area (Å²) < 4.78 is 9.86. The number of anilines is 2. The number of rotatable bonds is 11. The molecular weight excluding hydrogens is 446 g/mol. The highest BCUT2D eigenvalue weighted by atomic mass is 32.1. The van der Waals surface area contributed by atoms with E-state index in [1.165, 1.54) is 31.1 Å². The predicted molar refractivity (Wildman–Crippen MR) is 129 cm³/mol. The first kappa shape index (κ1) is 23.9. The van der Waals surface area contributed by atoms with Crippen LogP contribution in [0.2, 0.25) is 0 Å². The molecule has 9 heteroatoms. The van der Waals surface area contributed by atoms with Crippen LogP contribution < -0.4 is 10.6 Å². The van der Waals surface area contributed by atoms with Gasteiger partial charge in [0.1, 0.15) is 4.88 Å². The molecule has 0 bridgehead atoms. The second-order valence-electron chi connectivity index (χ2n) is 7.05. The van der Waals surface area contributed by atoms with Crippen LogP contribution in [0.4, 0.5) is 10.8 Å². The van der Waals surface area contributed by atoms with Gasteiger partial charge in [0.15, 0.2) is 5.13 Å². The number of para-hydroxylation sites is 1. The number of carbonyl (C=O) groups is 2. The molecule has 0 unspecified atom stereocenters. The maximum Gasteiger partial charge on any atom is 0.350 e. The lowest BCUT2D eigenvalue weighted by Crippen LogP contribution is -2.10. The molecule has 2 aromatic heterocycles. The minimum absolute atomic E-state index is 0.158. The summed E-state index contributed by atoms with van der Waals surface area (Å²) >= 11 is 2.49. The molecule has 0 aliphatic heterocycles. The zero-order valence-corrected chi connectivity index (χ0v) is 20.0. The highest BCUT2D eigenvalue weighted by molar-refractivity contribution is 7.18. The van der Waals surface area contributed by atoms with E-state index in [0.717, 1.165) is 41.2 Å². The first-order valence-corrected chi connectivity index (χ1v) is 12.0. The topological polar surface area (TPSA) is 89.5 Å². The number of hydrogen-bond acceptors (Lipinski definition) is 8. The Kier molecular flexibility index (Phi) is 8.78. The highest BCUT2D eigenvalue weighted by Gasteiger charge is 2.20. The zero-order chi connectivity index (χ0) is 22.9. The van der Waals surface area contributed by atoms with Crippen LogP contribution in [-0.4, -0.2) is 31.1 Å². The molecule has 2 heterocycles. The third kappa shape index (κ3) is 6.15. The Bertz CT molecular complexity index is 1060. The summed E-state index contributed by atoms with van der Waals surface area (Å²) in [6.07, 6.45) is 3.36. The van der Waals surface area contributed by atoms with Gasteiger partial charge in [-0.2, -0.15) is 0 Å². The minimum atomic E-state index is -0.501. The number of aromatic nitrogens is 1. The van der Waals surface area contributed by atoms with Crippen LogP contribution in [-0.2, 0) is 29.0 Å². The summed E-state index contributed by atoms with van der Waals surface area (Å²) in [6.45, 7) is 2.99. The fourth-order valence-corrected chi connectivity index (χ4v) is 4.83. The average Bonchev–Trinajstić information content (AvgIpc) is 3.44. The summed E-state index contributed by atoms with van der Waals surface area (Å²) in [7, 11) is 2.82. The van der Waals surface area contributed by atoms with Gasteiger partial charge in [0.05, 0.1) is 24.3 Å². The van der Waals surface area contributed by atoms with Crippen LogP contribution >= 0.6 is 22.7 Å². The van der Waals surface area contributed by atoms with Crippen molar-refractivity contribution < 1.29 is 19.1 Å². The molecule has 0 saturated carbocycles. The van der Waals surface area contributed by atoms with Gasteiger partial charge in [-0.3, -0.25) is 10.1 Å². The molecule has 0 aliphatic rings. The van der Waals surface area contributed by atoms with Gasteiger partial charge in [-0.25, -0.2) is 9.78 Å². The smallest absolute Gasteiger partial charge is 0.350 e. The van der Waals surface area contributed by atoms with Crippen molar-refractivity contribution in [1.82, 2.24) is 4.98 Å². The Morgan fingerprint density at radius 3 is 2.66 bits per heavy atom. The van der Waals surface area contributed by atoms with Crippen molar-refractivity contribution in [2.24, 2.45) is 0 Å². The van der Waals surface area contributed by atoms with Crippen molar-refractivity contribution in [3.05, 3.63) is 62.3 Å². The van der Waals surface area contributed by atoms with Crippen LogP contribution in [0.1, 0.15) is 55.2 Å². The van der Waals surface area contributed by atoms with E-state index in [-0.39, 0.29) is 12.5 Å². The second-order valence-corrected chi connectivity index (χ2v) is 9.22. The number of carbonyl (C=O) groups excluding carboxylic acids is 2. The molecule has 0 saturated heterocycles. The predicted octanol–water partition coefficient (Wildman–Crippen LogP) is 5.34. The van der Waals surface area contributed by atoms with Crippen molar-refractivity contribution in [2.75, 3.05) is 24.9 Å². The summed E-state index contributed by atoms with van der Waals surface area (Å²) in [4.78, 5) is 30.9. The first-order chi connectivity index (χ1) is 15.5. The van der Waals surface area contributed by atoms with E-state index in [0.29, 0.717) is 27.1 Å². The molecule has 0 atom stereocenters. The standard InChI is InChI=1S/C23H27N3O4S2/c1-4-5-8-15-9-6-7-10-17(15)24-13-16-11-12-19(31-16)21(27)26-23-25-18(14-29-2)20(32-23)22(28)30-3/h6-7,9-12,24H,4-5,8,13-14H2,1-3H3,(H,25,26,27). The number of hydrogen-bond donors (Lipinski definition) is 2. The Labute approximate surface area is 195 Å². The Morgan fingerprint density at radius 1 is 1.09 bits per heavy atom. The number of methoxy groups -OCH3 is 2. The molecule has 1 aromatic carbocycles. The summed E-state index contributed by atoms with van der Waals surface area (Å²) in [6, 6.07) is 12.1. The van der Waals surface area contributed by atoms with Crippen molar-refractivity contribution in [2.45, 2.75) is 39.3 Å². The maximum absolute atomic E-state index is 12.7. The van der Waals surface area contributed by atoms with Crippen LogP contribution in [0.3, 0.4) is 0 Å². The molecule has 0 fully saturated rings. The monoisotopic (exact) mass is 473 g/mol. The number of amides is 1. The van der Waals surface area contributed by atoms with Crippen molar-refractivity contribution in [1.29, 1.82) is 0 Å². The first-order valence-electron chi connectivity index (χ1n) is 10.3. The molecule has 170 valence electrons. The van der Waals surface area contributed by atoms with Crippen LogP contribution in [0.25, 0.3) is 0 Å². The number of nitrogens with one attached hydrogen (secondary N) is 2. The van der Waals surface area contributed by atoms with E-state index in [1.807, 2.05) is 12.1 Å². The summed E-state index contributed by atoms with van der Waals surface area (Å²) in [5.74, 6) is -0.766. The Morgan fingerprint density at radius 2 is 1.91 bits per heavy atom. The minimum Gasteiger partial charge on any atom is -0.465 e. The average molecular weight is 474 g/mol. The van der Waals surface area contributed by atoms with Gasteiger partial charge in [-0.1, -0.05) is 42.9 Å². The number of aryl methyl sites for hydroxylation is 1. The third-order valence-corrected chi connectivity index (χ3v) is 6.80. The number of unbranched alkanes of at least 4 members (excludes halogenated alkanes) is 1. The lowest BCUT2D eigenvalue weighted by molar-refractivity contribution is 0.0601. The molecule has 0 aliphatic carbocycles.